The van der Waals surface area contributed by atoms with E-state index < -0.39 is 0 Å². The first-order chi connectivity index (χ1) is 15.3. The summed E-state index contributed by atoms with van der Waals surface area (Å²) in [5.41, 5.74) is 3.75. The van der Waals surface area contributed by atoms with E-state index in [1.807, 2.05) is 36.4 Å². The van der Waals surface area contributed by atoms with Crippen LogP contribution in [0.3, 0.4) is 0 Å². The Balaban J connectivity index is 1.51. The largest absolute Gasteiger partial charge is 0.437 e. The summed E-state index contributed by atoms with van der Waals surface area (Å²) < 4.78 is 6.28. The molecule has 2 aromatic carbocycles. The number of rotatable bonds is 6. The predicted molar refractivity (Wildman–Crippen MR) is 125 cm³/mol. The molecule has 4 aromatic rings. The minimum Gasteiger partial charge on any atom is -0.437 e. The molecule has 31 heavy (non-hydrogen) atoms. The summed E-state index contributed by atoms with van der Waals surface area (Å²) in [4.78, 5) is 11.5. The molecule has 1 aliphatic rings. The first-order valence-electron chi connectivity index (χ1n) is 10.9. The highest BCUT2D eigenvalue weighted by atomic mass is 16.3. The van der Waals surface area contributed by atoms with Gasteiger partial charge in [0.05, 0.1) is 5.39 Å². The smallest absolute Gasteiger partial charge is 0.232 e. The molecule has 1 saturated heterocycles. The second-order valence-electron chi connectivity index (χ2n) is 8.02. The van der Waals surface area contributed by atoms with Crippen LogP contribution < -0.4 is 10.6 Å². The van der Waals surface area contributed by atoms with Gasteiger partial charge in [0.1, 0.15) is 17.9 Å². The Morgan fingerprint density at radius 3 is 2.52 bits per heavy atom. The highest BCUT2D eigenvalue weighted by Crippen LogP contribution is 2.42. The van der Waals surface area contributed by atoms with Crippen molar-refractivity contribution in [2.24, 2.45) is 0 Å². The van der Waals surface area contributed by atoms with Crippen LogP contribution in [-0.4, -0.2) is 53.6 Å². The number of anilines is 1. The molecular formula is C25H27N5O. The summed E-state index contributed by atoms with van der Waals surface area (Å²) in [6.45, 7) is 7.21. The lowest BCUT2D eigenvalue weighted by Gasteiger charge is -2.31. The number of hydrogen-bond acceptors (Lipinski definition) is 6. The first-order valence-corrected chi connectivity index (χ1v) is 10.9. The van der Waals surface area contributed by atoms with E-state index in [4.69, 9.17) is 4.42 Å². The van der Waals surface area contributed by atoms with E-state index in [1.165, 1.54) is 0 Å². The van der Waals surface area contributed by atoms with Gasteiger partial charge in [-0.05, 0) is 12.5 Å². The average molecular weight is 414 g/mol. The summed E-state index contributed by atoms with van der Waals surface area (Å²) in [5, 5.41) is 7.98. The van der Waals surface area contributed by atoms with E-state index in [-0.39, 0.29) is 0 Å². The van der Waals surface area contributed by atoms with Gasteiger partial charge in [-0.15, -0.1) is 0 Å². The Bertz CT molecular complexity index is 1140. The van der Waals surface area contributed by atoms with Crippen molar-refractivity contribution in [1.29, 1.82) is 0 Å². The van der Waals surface area contributed by atoms with Gasteiger partial charge in [0.25, 0.3) is 0 Å². The van der Waals surface area contributed by atoms with Gasteiger partial charge < -0.3 is 15.1 Å². The van der Waals surface area contributed by atoms with E-state index in [0.717, 1.165) is 66.4 Å². The molecule has 5 rings (SSSR count). The van der Waals surface area contributed by atoms with Gasteiger partial charge >= 0.3 is 0 Å². The summed E-state index contributed by atoms with van der Waals surface area (Å²) in [5.74, 6) is 1.64. The zero-order valence-electron chi connectivity index (χ0n) is 17.7. The predicted octanol–water partition coefficient (Wildman–Crippen LogP) is 4.26. The molecule has 3 heterocycles. The van der Waals surface area contributed by atoms with Crippen molar-refractivity contribution in [2.75, 3.05) is 38.0 Å². The number of piperazine rings is 1. The number of hydrogen-bond donors (Lipinski definition) is 2. The molecule has 0 saturated carbocycles. The maximum Gasteiger partial charge on any atom is 0.232 e. The third kappa shape index (κ3) is 4.17. The van der Waals surface area contributed by atoms with Gasteiger partial charge in [-0.2, -0.15) is 0 Å². The van der Waals surface area contributed by atoms with Crippen LogP contribution in [0.1, 0.15) is 6.92 Å². The Morgan fingerprint density at radius 1 is 1.03 bits per heavy atom. The van der Waals surface area contributed by atoms with Crippen LogP contribution in [0.25, 0.3) is 33.6 Å². The molecule has 6 heteroatoms. The molecule has 1 fully saturated rings. The molecule has 1 unspecified atom stereocenters. The van der Waals surface area contributed by atoms with Crippen molar-refractivity contribution < 1.29 is 4.42 Å². The van der Waals surface area contributed by atoms with Crippen molar-refractivity contribution in [3.05, 3.63) is 67.0 Å². The standard InChI is InChI=1S/C25H27N5O/c1-18-16-30(14-12-26-18)15-13-27-24-22-21(19-8-4-2-5-9-19)23(20-10-6-3-7-11-20)31-25(22)29-17-28-24/h2-11,17-18,26H,12-16H2,1H3,(H,27,28,29). The monoisotopic (exact) mass is 413 g/mol. The molecule has 1 atom stereocenters. The van der Waals surface area contributed by atoms with Crippen LogP contribution in [0.4, 0.5) is 5.82 Å². The highest BCUT2D eigenvalue weighted by Gasteiger charge is 2.22. The molecule has 0 spiro atoms. The van der Waals surface area contributed by atoms with Gasteiger partial charge in [0.15, 0.2) is 0 Å². The quantitative estimate of drug-likeness (QED) is 0.492. The van der Waals surface area contributed by atoms with Crippen LogP contribution in [0.2, 0.25) is 0 Å². The van der Waals surface area contributed by atoms with E-state index in [9.17, 15) is 0 Å². The second-order valence-corrected chi connectivity index (χ2v) is 8.02. The fraction of sp³-hybridized carbons (Fsp3) is 0.280. The van der Waals surface area contributed by atoms with E-state index in [1.54, 1.807) is 6.33 Å². The Labute approximate surface area is 182 Å². The minimum atomic E-state index is 0.534. The average Bonchev–Trinajstić information content (AvgIpc) is 3.21. The Morgan fingerprint density at radius 2 is 1.77 bits per heavy atom. The number of fused-ring (bicyclic) bond motifs is 1. The van der Waals surface area contributed by atoms with Gasteiger partial charge in [-0.3, -0.25) is 4.90 Å². The molecule has 2 N–H and O–H groups in total. The van der Waals surface area contributed by atoms with Crippen molar-refractivity contribution in [2.45, 2.75) is 13.0 Å². The van der Waals surface area contributed by atoms with Crippen molar-refractivity contribution in [3.63, 3.8) is 0 Å². The number of nitrogens with zero attached hydrogens (tertiary/aromatic N) is 3. The number of nitrogens with one attached hydrogen (secondary N) is 2. The topological polar surface area (TPSA) is 66.2 Å². The fourth-order valence-corrected chi connectivity index (χ4v) is 4.29. The van der Waals surface area contributed by atoms with Crippen LogP contribution in [0, 0.1) is 0 Å². The summed E-state index contributed by atoms with van der Waals surface area (Å²) >= 11 is 0. The fourth-order valence-electron chi connectivity index (χ4n) is 4.29. The van der Waals surface area contributed by atoms with Crippen molar-refractivity contribution >= 4 is 16.9 Å². The molecule has 0 radical (unpaired) electrons. The molecule has 0 bridgehead atoms. The molecule has 158 valence electrons. The lowest BCUT2D eigenvalue weighted by atomic mass is 9.99. The van der Waals surface area contributed by atoms with Crippen molar-refractivity contribution in [1.82, 2.24) is 20.2 Å². The highest BCUT2D eigenvalue weighted by molar-refractivity contribution is 6.05. The lowest BCUT2D eigenvalue weighted by molar-refractivity contribution is 0.214. The van der Waals surface area contributed by atoms with Crippen LogP contribution in [0.15, 0.2) is 71.4 Å². The zero-order valence-corrected chi connectivity index (χ0v) is 17.7. The molecule has 2 aromatic heterocycles. The molecule has 1 aliphatic heterocycles. The van der Waals surface area contributed by atoms with Gasteiger partial charge in [-0.25, -0.2) is 9.97 Å². The number of benzene rings is 2. The van der Waals surface area contributed by atoms with E-state index >= 15 is 0 Å². The molecule has 0 aliphatic carbocycles. The number of furan rings is 1. The normalized spacial score (nSPS) is 17.1. The molecule has 0 amide bonds. The maximum atomic E-state index is 6.28. The van der Waals surface area contributed by atoms with E-state index in [0.29, 0.717) is 11.8 Å². The minimum absolute atomic E-state index is 0.534. The summed E-state index contributed by atoms with van der Waals surface area (Å²) in [7, 11) is 0. The van der Waals surface area contributed by atoms with Crippen molar-refractivity contribution in [3.8, 4) is 22.5 Å². The third-order valence-corrected chi connectivity index (χ3v) is 5.76. The van der Waals surface area contributed by atoms with Gasteiger partial charge in [0, 0.05) is 49.9 Å². The molecule has 6 nitrogen and oxygen atoms in total. The Hall–Kier alpha value is -3.22. The van der Waals surface area contributed by atoms with Gasteiger partial charge in [0.2, 0.25) is 5.71 Å². The molecular weight excluding hydrogens is 386 g/mol. The van der Waals surface area contributed by atoms with E-state index in [2.05, 4.69) is 56.7 Å². The Kier molecular flexibility index (Phi) is 5.65. The van der Waals surface area contributed by atoms with Crippen LogP contribution in [0.5, 0.6) is 0 Å². The summed E-state index contributed by atoms with van der Waals surface area (Å²) in [6.07, 6.45) is 1.57. The second kappa shape index (κ2) is 8.88. The van der Waals surface area contributed by atoms with Crippen LogP contribution >= 0.6 is 0 Å². The summed E-state index contributed by atoms with van der Waals surface area (Å²) in [6, 6.07) is 21.1. The zero-order chi connectivity index (χ0) is 21.0. The maximum absolute atomic E-state index is 6.28. The van der Waals surface area contributed by atoms with Gasteiger partial charge in [-0.1, -0.05) is 60.7 Å². The lowest BCUT2D eigenvalue weighted by Crippen LogP contribution is -2.50. The number of aromatic nitrogens is 2. The third-order valence-electron chi connectivity index (χ3n) is 5.76. The van der Waals surface area contributed by atoms with Crippen LogP contribution in [-0.2, 0) is 0 Å². The first kappa shape index (κ1) is 19.7. The SMILES string of the molecule is CC1CN(CCNc2ncnc3oc(-c4ccccc4)c(-c4ccccc4)c23)CCN1.